The Kier molecular flexibility index (Phi) is 3.93. The van der Waals surface area contributed by atoms with Crippen LogP contribution in [0.3, 0.4) is 0 Å². The van der Waals surface area contributed by atoms with Gasteiger partial charge in [-0.1, -0.05) is 0 Å². The van der Waals surface area contributed by atoms with Crippen LogP contribution in [0.4, 0.5) is 13.2 Å². The zero-order chi connectivity index (χ0) is 13.4. The lowest BCUT2D eigenvalue weighted by Crippen LogP contribution is -2.50. The maximum Gasteiger partial charge on any atom is 0.394 e. The molecule has 0 bridgehead atoms. The molecule has 0 aliphatic heterocycles. The van der Waals surface area contributed by atoms with E-state index in [0.717, 1.165) is 12.8 Å². The van der Waals surface area contributed by atoms with E-state index in [1.807, 2.05) is 0 Å². The van der Waals surface area contributed by atoms with Gasteiger partial charge in [0.1, 0.15) is 0 Å². The van der Waals surface area contributed by atoms with Crippen LogP contribution in [-0.2, 0) is 0 Å². The van der Waals surface area contributed by atoms with Crippen molar-refractivity contribution in [2.45, 2.75) is 69.6 Å². The summed E-state index contributed by atoms with van der Waals surface area (Å²) in [7, 11) is 0. The number of hydrogen-bond donors (Lipinski definition) is 2. The Morgan fingerprint density at radius 3 is 1.67 bits per heavy atom. The Labute approximate surface area is 106 Å². The van der Waals surface area contributed by atoms with E-state index >= 15 is 0 Å². The Hall–Kier alpha value is -0.290. The normalized spacial score (nSPS) is 42.8. The van der Waals surface area contributed by atoms with Crippen LogP contribution >= 0.6 is 0 Å². The SMILES string of the molecule is NC1CCC(C2(C(F)(F)F)CCC(N)CC2)CC1. The molecule has 0 unspecified atom stereocenters. The highest BCUT2D eigenvalue weighted by molar-refractivity contribution is 4.98. The smallest absolute Gasteiger partial charge is 0.328 e. The zero-order valence-corrected chi connectivity index (χ0v) is 10.7. The minimum atomic E-state index is -4.10. The highest BCUT2D eigenvalue weighted by Crippen LogP contribution is 2.56. The Bertz CT molecular complexity index is 274. The Morgan fingerprint density at radius 2 is 1.22 bits per heavy atom. The topological polar surface area (TPSA) is 52.0 Å². The largest absolute Gasteiger partial charge is 0.394 e. The molecular weight excluding hydrogens is 241 g/mol. The molecule has 2 nitrogen and oxygen atoms in total. The van der Waals surface area contributed by atoms with Crippen molar-refractivity contribution >= 4 is 0 Å². The van der Waals surface area contributed by atoms with Crippen molar-refractivity contribution < 1.29 is 13.2 Å². The van der Waals surface area contributed by atoms with Gasteiger partial charge < -0.3 is 11.5 Å². The fourth-order valence-corrected chi connectivity index (χ4v) is 3.75. The van der Waals surface area contributed by atoms with E-state index in [4.69, 9.17) is 11.5 Å². The molecular formula is C13H23F3N2. The molecule has 0 saturated heterocycles. The molecule has 2 saturated carbocycles. The highest BCUT2D eigenvalue weighted by atomic mass is 19.4. The molecule has 2 fully saturated rings. The summed E-state index contributed by atoms with van der Waals surface area (Å²) in [6, 6.07) is 0.0451. The molecule has 106 valence electrons. The number of rotatable bonds is 1. The minimum Gasteiger partial charge on any atom is -0.328 e. The summed E-state index contributed by atoms with van der Waals surface area (Å²) in [6.45, 7) is 0. The third kappa shape index (κ3) is 2.52. The lowest BCUT2D eigenvalue weighted by Gasteiger charge is -2.48. The average molecular weight is 264 g/mol. The van der Waals surface area contributed by atoms with Crippen LogP contribution in [0.5, 0.6) is 0 Å². The molecule has 0 atom stereocenters. The van der Waals surface area contributed by atoms with Crippen LogP contribution in [0, 0.1) is 11.3 Å². The van der Waals surface area contributed by atoms with Crippen molar-refractivity contribution in [1.29, 1.82) is 0 Å². The van der Waals surface area contributed by atoms with Crippen molar-refractivity contribution in [2.24, 2.45) is 22.8 Å². The predicted molar refractivity (Wildman–Crippen MR) is 64.9 cm³/mol. The van der Waals surface area contributed by atoms with Gasteiger partial charge in [0, 0.05) is 12.1 Å². The molecule has 2 aliphatic rings. The molecule has 0 heterocycles. The number of halogens is 3. The summed E-state index contributed by atoms with van der Waals surface area (Å²) in [5.41, 5.74) is 10.1. The maximum atomic E-state index is 13.5. The zero-order valence-electron chi connectivity index (χ0n) is 10.7. The molecule has 2 aliphatic carbocycles. The number of nitrogens with two attached hydrogens (primary N) is 2. The van der Waals surface area contributed by atoms with Crippen LogP contribution in [0.25, 0.3) is 0 Å². The molecule has 0 aromatic rings. The van der Waals surface area contributed by atoms with E-state index in [2.05, 4.69) is 0 Å². The second-order valence-electron chi connectivity index (χ2n) is 6.10. The van der Waals surface area contributed by atoms with Gasteiger partial charge in [0.2, 0.25) is 0 Å². The van der Waals surface area contributed by atoms with Crippen LogP contribution in [0.2, 0.25) is 0 Å². The van der Waals surface area contributed by atoms with Crippen molar-refractivity contribution in [2.75, 3.05) is 0 Å². The van der Waals surface area contributed by atoms with E-state index < -0.39 is 11.6 Å². The molecule has 0 radical (unpaired) electrons. The summed E-state index contributed by atoms with van der Waals surface area (Å²) in [5.74, 6) is -0.246. The second-order valence-corrected chi connectivity index (χ2v) is 6.10. The van der Waals surface area contributed by atoms with E-state index in [0.29, 0.717) is 25.7 Å². The third-order valence-corrected chi connectivity index (χ3v) is 5.04. The quantitative estimate of drug-likeness (QED) is 0.765. The van der Waals surface area contributed by atoms with E-state index in [9.17, 15) is 13.2 Å². The molecule has 0 amide bonds. The van der Waals surface area contributed by atoms with Crippen molar-refractivity contribution in [1.82, 2.24) is 0 Å². The van der Waals surface area contributed by atoms with Gasteiger partial charge in [0.25, 0.3) is 0 Å². The summed E-state index contributed by atoms with van der Waals surface area (Å²) >= 11 is 0. The minimum absolute atomic E-state index is 0.0497. The standard InChI is InChI=1S/C13H23F3N2/c14-13(15,16)12(7-5-11(18)6-8-12)9-1-3-10(17)4-2-9/h9-11H,1-8,17-18H2. The Morgan fingerprint density at radius 1 is 0.778 bits per heavy atom. The number of hydrogen-bond acceptors (Lipinski definition) is 2. The molecule has 5 heteroatoms. The fraction of sp³-hybridized carbons (Fsp3) is 1.00. The molecule has 0 aromatic carbocycles. The lowest BCUT2D eigenvalue weighted by molar-refractivity contribution is -0.258. The summed E-state index contributed by atoms with van der Waals surface area (Å²) in [4.78, 5) is 0. The van der Waals surface area contributed by atoms with E-state index in [1.165, 1.54) is 0 Å². The van der Waals surface area contributed by atoms with Gasteiger partial charge in [-0.2, -0.15) is 13.2 Å². The van der Waals surface area contributed by atoms with Gasteiger partial charge in [-0.15, -0.1) is 0 Å². The maximum absolute atomic E-state index is 13.5. The van der Waals surface area contributed by atoms with Gasteiger partial charge in [-0.05, 0) is 57.3 Å². The van der Waals surface area contributed by atoms with Crippen LogP contribution < -0.4 is 11.5 Å². The van der Waals surface area contributed by atoms with E-state index in [1.54, 1.807) is 0 Å². The second kappa shape index (κ2) is 5.00. The summed E-state index contributed by atoms with van der Waals surface area (Å²) < 4.78 is 40.6. The number of alkyl halides is 3. The van der Waals surface area contributed by atoms with Crippen LogP contribution in [-0.4, -0.2) is 18.3 Å². The first-order valence-corrected chi connectivity index (χ1v) is 6.93. The molecule has 0 aromatic heterocycles. The van der Waals surface area contributed by atoms with Gasteiger partial charge >= 0.3 is 6.18 Å². The van der Waals surface area contributed by atoms with E-state index in [-0.39, 0.29) is 30.8 Å². The molecule has 4 N–H and O–H groups in total. The molecule has 0 spiro atoms. The molecule has 18 heavy (non-hydrogen) atoms. The Balaban J connectivity index is 2.15. The lowest BCUT2D eigenvalue weighted by atomic mass is 9.60. The van der Waals surface area contributed by atoms with Crippen molar-refractivity contribution in [3.05, 3.63) is 0 Å². The van der Waals surface area contributed by atoms with Gasteiger partial charge in [-0.25, -0.2) is 0 Å². The van der Waals surface area contributed by atoms with Gasteiger partial charge in [0.05, 0.1) is 5.41 Å². The first-order valence-electron chi connectivity index (χ1n) is 6.93. The predicted octanol–water partition coefficient (Wildman–Crippen LogP) is 2.95. The van der Waals surface area contributed by atoms with Gasteiger partial charge in [0.15, 0.2) is 0 Å². The molecule has 2 rings (SSSR count). The monoisotopic (exact) mass is 264 g/mol. The average Bonchev–Trinajstić information content (AvgIpc) is 2.30. The first-order chi connectivity index (χ1) is 8.35. The van der Waals surface area contributed by atoms with Crippen LogP contribution in [0.15, 0.2) is 0 Å². The first kappa shape index (κ1) is 14.1. The van der Waals surface area contributed by atoms with Crippen molar-refractivity contribution in [3.8, 4) is 0 Å². The summed E-state index contributed by atoms with van der Waals surface area (Å²) in [6.07, 6.45) is 0.0213. The fourth-order valence-electron chi connectivity index (χ4n) is 3.75. The van der Waals surface area contributed by atoms with Crippen molar-refractivity contribution in [3.63, 3.8) is 0 Å². The van der Waals surface area contributed by atoms with Gasteiger partial charge in [-0.3, -0.25) is 0 Å². The highest BCUT2D eigenvalue weighted by Gasteiger charge is 2.59. The third-order valence-electron chi connectivity index (χ3n) is 5.04. The summed E-state index contributed by atoms with van der Waals surface area (Å²) in [5, 5.41) is 0. The van der Waals surface area contributed by atoms with Crippen LogP contribution in [0.1, 0.15) is 51.4 Å².